The number of hydrogen-bond acceptors (Lipinski definition) is 4. The van der Waals surface area contributed by atoms with Crippen LogP contribution in [-0.2, 0) is 19.1 Å². The number of amides is 2. The van der Waals surface area contributed by atoms with Crippen molar-refractivity contribution < 1.29 is 19.1 Å². The zero-order valence-electron chi connectivity index (χ0n) is 13.0. The number of carbonyl (C=O) groups is 3. The fourth-order valence-electron chi connectivity index (χ4n) is 2.45. The van der Waals surface area contributed by atoms with Crippen molar-refractivity contribution in [3.63, 3.8) is 0 Å². The number of ether oxygens (including phenoxy) is 1. The van der Waals surface area contributed by atoms with E-state index in [-0.39, 0.29) is 18.9 Å². The molecule has 1 heterocycles. The highest BCUT2D eigenvalue weighted by atomic mass is 16.5. The Morgan fingerprint density at radius 2 is 2.05 bits per heavy atom. The van der Waals surface area contributed by atoms with Gasteiger partial charge < -0.3 is 15.4 Å². The number of primary amides is 1. The molecule has 2 amide bonds. The molecule has 2 atom stereocenters. The molecule has 1 aromatic rings. The first-order valence-electron chi connectivity index (χ1n) is 7.17. The summed E-state index contributed by atoms with van der Waals surface area (Å²) in [5.74, 6) is -1.96. The summed E-state index contributed by atoms with van der Waals surface area (Å²) in [6.07, 6.45) is -0.908. The van der Waals surface area contributed by atoms with Gasteiger partial charge in [-0.25, -0.2) is 0 Å². The minimum absolute atomic E-state index is 0.0810. The van der Waals surface area contributed by atoms with E-state index in [0.717, 1.165) is 16.8 Å². The summed E-state index contributed by atoms with van der Waals surface area (Å²) in [6.45, 7) is 5.59. The Balaban J connectivity index is 2.12. The third-order valence-electron chi connectivity index (χ3n) is 4.02. The van der Waals surface area contributed by atoms with Crippen LogP contribution in [0.3, 0.4) is 0 Å². The van der Waals surface area contributed by atoms with E-state index in [1.54, 1.807) is 4.90 Å². The van der Waals surface area contributed by atoms with Gasteiger partial charge in [0.1, 0.15) is 0 Å². The second kappa shape index (κ2) is 6.17. The zero-order chi connectivity index (χ0) is 16.4. The second-order valence-electron chi connectivity index (χ2n) is 5.61. The van der Waals surface area contributed by atoms with Crippen LogP contribution < -0.4 is 10.6 Å². The Morgan fingerprint density at radius 3 is 2.68 bits per heavy atom. The Labute approximate surface area is 129 Å². The molecule has 2 unspecified atom stereocenters. The number of carbonyl (C=O) groups excluding carboxylic acids is 3. The lowest BCUT2D eigenvalue weighted by atomic mass is 10.1. The first-order chi connectivity index (χ1) is 10.3. The molecule has 1 fully saturated rings. The highest BCUT2D eigenvalue weighted by Crippen LogP contribution is 2.29. The summed E-state index contributed by atoms with van der Waals surface area (Å²) in [4.78, 5) is 36.8. The van der Waals surface area contributed by atoms with Gasteiger partial charge in [0.25, 0.3) is 5.91 Å². The second-order valence-corrected chi connectivity index (χ2v) is 5.61. The molecule has 1 saturated heterocycles. The molecule has 2 N–H and O–H groups in total. The molecule has 1 aliphatic heterocycles. The minimum atomic E-state index is -0.989. The van der Waals surface area contributed by atoms with Crippen LogP contribution in [0.25, 0.3) is 0 Å². The smallest absolute Gasteiger partial charge is 0.312 e. The molecule has 0 aliphatic carbocycles. The molecule has 1 aromatic carbocycles. The van der Waals surface area contributed by atoms with Crippen molar-refractivity contribution in [1.82, 2.24) is 0 Å². The highest BCUT2D eigenvalue weighted by molar-refractivity contribution is 6.00. The lowest BCUT2D eigenvalue weighted by Gasteiger charge is -2.20. The number of hydrogen-bond donors (Lipinski definition) is 1. The monoisotopic (exact) mass is 304 g/mol. The summed E-state index contributed by atoms with van der Waals surface area (Å²) < 4.78 is 4.99. The van der Waals surface area contributed by atoms with Gasteiger partial charge in [0.2, 0.25) is 5.91 Å². The Morgan fingerprint density at radius 1 is 1.36 bits per heavy atom. The predicted molar refractivity (Wildman–Crippen MR) is 81.1 cm³/mol. The van der Waals surface area contributed by atoms with E-state index in [2.05, 4.69) is 0 Å². The van der Waals surface area contributed by atoms with Crippen molar-refractivity contribution >= 4 is 23.5 Å². The molecular formula is C16H20N2O4. The van der Waals surface area contributed by atoms with Gasteiger partial charge in [-0.05, 0) is 38.0 Å². The van der Waals surface area contributed by atoms with Crippen LogP contribution in [0.1, 0.15) is 24.5 Å². The number of nitrogens with zero attached hydrogens (tertiary/aromatic N) is 1. The maximum absolute atomic E-state index is 12.2. The third-order valence-corrected chi connectivity index (χ3v) is 4.02. The molecule has 118 valence electrons. The van der Waals surface area contributed by atoms with Gasteiger partial charge in [0, 0.05) is 18.7 Å². The third kappa shape index (κ3) is 3.10. The quantitative estimate of drug-likeness (QED) is 0.843. The zero-order valence-corrected chi connectivity index (χ0v) is 13.0. The van der Waals surface area contributed by atoms with E-state index >= 15 is 0 Å². The highest BCUT2D eigenvalue weighted by Gasteiger charge is 2.37. The lowest BCUT2D eigenvalue weighted by Crippen LogP contribution is -2.33. The fraction of sp³-hybridized carbons (Fsp3) is 0.438. The summed E-state index contributed by atoms with van der Waals surface area (Å²) >= 11 is 0. The van der Waals surface area contributed by atoms with E-state index < -0.39 is 23.9 Å². The van der Waals surface area contributed by atoms with Crippen molar-refractivity contribution in [2.75, 3.05) is 11.4 Å². The molecular weight excluding hydrogens is 284 g/mol. The van der Waals surface area contributed by atoms with E-state index in [9.17, 15) is 14.4 Å². The normalized spacial score (nSPS) is 19.1. The number of benzene rings is 1. The number of rotatable bonds is 4. The van der Waals surface area contributed by atoms with Gasteiger partial charge in [0.05, 0.1) is 5.92 Å². The molecule has 0 saturated carbocycles. The van der Waals surface area contributed by atoms with Crippen LogP contribution in [0.5, 0.6) is 0 Å². The number of esters is 1. The van der Waals surface area contributed by atoms with Gasteiger partial charge in [-0.15, -0.1) is 0 Å². The van der Waals surface area contributed by atoms with Crippen molar-refractivity contribution in [1.29, 1.82) is 0 Å². The van der Waals surface area contributed by atoms with E-state index in [1.807, 2.05) is 32.0 Å². The SMILES string of the molecule is Cc1cccc(N2CC(C(=O)OC(C)C(N)=O)CC2=O)c1C. The minimum Gasteiger partial charge on any atom is -0.452 e. The summed E-state index contributed by atoms with van der Waals surface area (Å²) in [7, 11) is 0. The molecule has 0 bridgehead atoms. The maximum atomic E-state index is 12.2. The van der Waals surface area contributed by atoms with Crippen molar-refractivity contribution in [3.05, 3.63) is 29.3 Å². The van der Waals surface area contributed by atoms with Crippen molar-refractivity contribution in [2.45, 2.75) is 33.3 Å². The summed E-state index contributed by atoms with van der Waals surface area (Å²) in [5, 5.41) is 0. The predicted octanol–water partition coefficient (Wildman–Crippen LogP) is 1.07. The van der Waals surface area contributed by atoms with Crippen LogP contribution in [0.2, 0.25) is 0 Å². The van der Waals surface area contributed by atoms with E-state index in [4.69, 9.17) is 10.5 Å². The van der Waals surface area contributed by atoms with Crippen molar-refractivity contribution in [2.24, 2.45) is 11.7 Å². The van der Waals surface area contributed by atoms with Gasteiger partial charge >= 0.3 is 5.97 Å². The Bertz CT molecular complexity index is 627. The molecule has 0 spiro atoms. The Hall–Kier alpha value is -2.37. The van der Waals surface area contributed by atoms with E-state index in [1.165, 1.54) is 6.92 Å². The number of anilines is 1. The largest absolute Gasteiger partial charge is 0.452 e. The molecule has 2 rings (SSSR count). The maximum Gasteiger partial charge on any atom is 0.312 e. The van der Waals surface area contributed by atoms with E-state index in [0.29, 0.717) is 0 Å². The van der Waals surface area contributed by atoms with Crippen LogP contribution >= 0.6 is 0 Å². The molecule has 0 aromatic heterocycles. The van der Waals surface area contributed by atoms with Crippen molar-refractivity contribution in [3.8, 4) is 0 Å². The lowest BCUT2D eigenvalue weighted by molar-refractivity contribution is -0.157. The average molecular weight is 304 g/mol. The van der Waals surface area contributed by atoms with Gasteiger partial charge in [-0.3, -0.25) is 14.4 Å². The van der Waals surface area contributed by atoms with Gasteiger partial charge in [0.15, 0.2) is 6.10 Å². The molecule has 0 radical (unpaired) electrons. The van der Waals surface area contributed by atoms with Crippen LogP contribution in [-0.4, -0.2) is 30.4 Å². The van der Waals surface area contributed by atoms with Crippen LogP contribution in [0.15, 0.2) is 18.2 Å². The molecule has 6 heteroatoms. The summed E-state index contributed by atoms with van der Waals surface area (Å²) in [5.41, 5.74) is 7.97. The molecule has 1 aliphatic rings. The van der Waals surface area contributed by atoms with Gasteiger partial charge in [-0.2, -0.15) is 0 Å². The fourth-order valence-corrected chi connectivity index (χ4v) is 2.45. The summed E-state index contributed by atoms with van der Waals surface area (Å²) in [6, 6.07) is 5.71. The molecule has 22 heavy (non-hydrogen) atoms. The van der Waals surface area contributed by atoms with Crippen LogP contribution in [0, 0.1) is 19.8 Å². The first-order valence-corrected chi connectivity index (χ1v) is 7.17. The standard InChI is InChI=1S/C16H20N2O4/c1-9-5-4-6-13(10(9)2)18-8-12(7-14(18)19)16(21)22-11(3)15(17)20/h4-6,11-12H,7-8H2,1-3H3,(H2,17,20). The number of nitrogens with two attached hydrogens (primary N) is 1. The topological polar surface area (TPSA) is 89.7 Å². The first kappa shape index (κ1) is 16.0. The molecule has 6 nitrogen and oxygen atoms in total. The average Bonchev–Trinajstić information content (AvgIpc) is 2.83. The Kier molecular flexibility index (Phi) is 4.49. The van der Waals surface area contributed by atoms with Crippen LogP contribution in [0.4, 0.5) is 5.69 Å². The van der Waals surface area contributed by atoms with Gasteiger partial charge in [-0.1, -0.05) is 12.1 Å². The number of aryl methyl sites for hydroxylation is 1.